The van der Waals surface area contributed by atoms with E-state index in [1.807, 2.05) is 0 Å². The van der Waals surface area contributed by atoms with E-state index in [0.29, 0.717) is 38.2 Å². The van der Waals surface area contributed by atoms with E-state index >= 15 is 0 Å². The molecule has 2 N–H and O–H groups in total. The van der Waals surface area contributed by atoms with Gasteiger partial charge in [-0.2, -0.15) is 0 Å². The van der Waals surface area contributed by atoms with E-state index in [-0.39, 0.29) is 30.8 Å². The predicted octanol–water partition coefficient (Wildman–Crippen LogP) is 2.04. The number of amides is 2. The Balaban J connectivity index is 1.62. The van der Waals surface area contributed by atoms with E-state index in [1.165, 1.54) is 11.0 Å². The fourth-order valence-electron chi connectivity index (χ4n) is 3.34. The van der Waals surface area contributed by atoms with Crippen molar-refractivity contribution in [1.29, 1.82) is 0 Å². The van der Waals surface area contributed by atoms with Gasteiger partial charge in [-0.15, -0.1) is 13.2 Å². The third-order valence-corrected chi connectivity index (χ3v) is 4.66. The molecule has 2 heterocycles. The van der Waals surface area contributed by atoms with Crippen LogP contribution in [0.5, 0.6) is 11.5 Å². The molecule has 1 aromatic carbocycles. The third-order valence-electron chi connectivity index (χ3n) is 4.66. The number of benzene rings is 1. The highest BCUT2D eigenvalue weighted by Crippen LogP contribution is 2.36. The second-order valence-electron chi connectivity index (χ2n) is 6.58. The molecule has 0 spiro atoms. The summed E-state index contributed by atoms with van der Waals surface area (Å²) in [7, 11) is 0. The largest absolute Gasteiger partial charge is 0.573 e. The summed E-state index contributed by atoms with van der Waals surface area (Å²) in [6.45, 7) is 1.93. The Hall–Kier alpha value is -2.69. The number of rotatable bonds is 5. The number of fused-ring (bicyclic) bond motifs is 1. The Bertz CT molecular complexity index is 735. The number of nitrogens with one attached hydrogen (secondary N) is 1. The van der Waals surface area contributed by atoms with Crippen molar-refractivity contribution >= 4 is 17.7 Å². The van der Waals surface area contributed by atoms with Crippen LogP contribution >= 0.6 is 0 Å². The van der Waals surface area contributed by atoms with E-state index in [9.17, 15) is 22.8 Å². The van der Waals surface area contributed by atoms with Crippen LogP contribution in [0.25, 0.3) is 0 Å². The lowest BCUT2D eigenvalue weighted by molar-refractivity contribution is -0.274. The zero-order chi connectivity index (χ0) is 20.3. The first-order valence-corrected chi connectivity index (χ1v) is 8.76. The standard InChI is InChI=1S/C17H20F3N3O5/c18-17(19,20)28-12-1-2-14-13(9-12)23(15(24)10-27-14)8-7-22-5-3-11(4-6-22)21-16(25)26/h1-2,9,11,21H,3-8,10H2,(H,25,26). The summed E-state index contributed by atoms with van der Waals surface area (Å²) < 4.78 is 46.6. The minimum absolute atomic E-state index is 0.0958. The second kappa shape index (κ2) is 8.13. The molecule has 154 valence electrons. The fourth-order valence-corrected chi connectivity index (χ4v) is 3.34. The molecule has 0 unspecified atom stereocenters. The first-order valence-electron chi connectivity index (χ1n) is 8.76. The van der Waals surface area contributed by atoms with Gasteiger partial charge in [-0.3, -0.25) is 4.79 Å². The molecule has 0 aromatic heterocycles. The molecule has 2 aliphatic heterocycles. The minimum atomic E-state index is -4.83. The number of hydrogen-bond donors (Lipinski definition) is 2. The number of nitrogens with zero attached hydrogens (tertiary/aromatic N) is 2. The number of hydrogen-bond acceptors (Lipinski definition) is 5. The molecule has 1 saturated heterocycles. The molecule has 1 fully saturated rings. The number of anilines is 1. The van der Waals surface area contributed by atoms with Crippen LogP contribution in [0.15, 0.2) is 18.2 Å². The molecule has 28 heavy (non-hydrogen) atoms. The van der Waals surface area contributed by atoms with Gasteiger partial charge in [0.05, 0.1) is 5.69 Å². The molecular weight excluding hydrogens is 383 g/mol. The number of carbonyl (C=O) groups is 2. The molecule has 0 aliphatic carbocycles. The van der Waals surface area contributed by atoms with Crippen LogP contribution in [-0.4, -0.2) is 67.2 Å². The van der Waals surface area contributed by atoms with Crippen LogP contribution in [0, 0.1) is 0 Å². The molecule has 3 rings (SSSR count). The quantitative estimate of drug-likeness (QED) is 0.782. The van der Waals surface area contributed by atoms with E-state index in [2.05, 4.69) is 15.0 Å². The van der Waals surface area contributed by atoms with Gasteiger partial charge in [-0.1, -0.05) is 0 Å². The highest BCUT2D eigenvalue weighted by atomic mass is 19.4. The summed E-state index contributed by atoms with van der Waals surface area (Å²) in [6.07, 6.45) is -4.56. The number of ether oxygens (including phenoxy) is 2. The van der Waals surface area contributed by atoms with Gasteiger partial charge in [-0.25, -0.2) is 4.79 Å². The van der Waals surface area contributed by atoms with Crippen molar-refractivity contribution < 1.29 is 37.3 Å². The van der Waals surface area contributed by atoms with Crippen molar-refractivity contribution in [3.05, 3.63) is 18.2 Å². The van der Waals surface area contributed by atoms with Gasteiger partial charge in [0.15, 0.2) is 6.61 Å². The maximum Gasteiger partial charge on any atom is 0.573 e. The molecule has 0 atom stereocenters. The Morgan fingerprint density at radius 1 is 1.29 bits per heavy atom. The third kappa shape index (κ3) is 5.18. The molecular formula is C17H20F3N3O5. The van der Waals surface area contributed by atoms with Crippen LogP contribution in [0.4, 0.5) is 23.7 Å². The molecule has 0 radical (unpaired) electrons. The average Bonchev–Trinajstić information content (AvgIpc) is 2.60. The van der Waals surface area contributed by atoms with E-state index in [1.54, 1.807) is 0 Å². The monoisotopic (exact) mass is 403 g/mol. The number of carbonyl (C=O) groups excluding carboxylic acids is 1. The molecule has 0 saturated carbocycles. The summed E-state index contributed by atoms with van der Waals surface area (Å²) in [5.74, 6) is -0.451. The zero-order valence-corrected chi connectivity index (χ0v) is 14.9. The minimum Gasteiger partial charge on any atom is -0.482 e. The fraction of sp³-hybridized carbons (Fsp3) is 0.529. The summed E-state index contributed by atoms with van der Waals surface area (Å²) in [5.41, 5.74) is 0.237. The lowest BCUT2D eigenvalue weighted by Gasteiger charge is -2.35. The van der Waals surface area contributed by atoms with Crippen molar-refractivity contribution in [2.75, 3.05) is 37.7 Å². The van der Waals surface area contributed by atoms with Crippen molar-refractivity contribution in [3.63, 3.8) is 0 Å². The highest BCUT2D eigenvalue weighted by molar-refractivity contribution is 5.98. The van der Waals surface area contributed by atoms with Gasteiger partial charge < -0.3 is 29.7 Å². The Morgan fingerprint density at radius 3 is 2.64 bits per heavy atom. The molecule has 8 nitrogen and oxygen atoms in total. The second-order valence-corrected chi connectivity index (χ2v) is 6.58. The molecule has 2 amide bonds. The number of halogens is 3. The number of alkyl halides is 3. The maximum absolute atomic E-state index is 12.5. The summed E-state index contributed by atoms with van der Waals surface area (Å²) in [5, 5.41) is 11.2. The van der Waals surface area contributed by atoms with Crippen molar-refractivity contribution in [3.8, 4) is 11.5 Å². The molecule has 11 heteroatoms. The number of carboxylic acid groups (broad SMARTS) is 1. The van der Waals surface area contributed by atoms with Crippen LogP contribution in [-0.2, 0) is 4.79 Å². The highest BCUT2D eigenvalue weighted by Gasteiger charge is 2.33. The summed E-state index contributed by atoms with van der Waals surface area (Å²) in [6, 6.07) is 3.53. The Morgan fingerprint density at radius 2 is 2.00 bits per heavy atom. The zero-order valence-electron chi connectivity index (χ0n) is 14.9. The van der Waals surface area contributed by atoms with Gasteiger partial charge in [0.1, 0.15) is 11.5 Å². The van der Waals surface area contributed by atoms with E-state index in [4.69, 9.17) is 9.84 Å². The molecule has 0 bridgehead atoms. The van der Waals surface area contributed by atoms with E-state index < -0.39 is 18.2 Å². The van der Waals surface area contributed by atoms with Crippen LogP contribution in [0.1, 0.15) is 12.8 Å². The molecule has 1 aromatic rings. The normalized spacial score (nSPS) is 18.4. The first kappa shape index (κ1) is 20.1. The van der Waals surface area contributed by atoms with Crippen LogP contribution in [0.2, 0.25) is 0 Å². The van der Waals surface area contributed by atoms with Crippen LogP contribution in [0.3, 0.4) is 0 Å². The lowest BCUT2D eigenvalue weighted by Crippen LogP contribution is -2.48. The van der Waals surface area contributed by atoms with Gasteiger partial charge in [-0.05, 0) is 25.0 Å². The van der Waals surface area contributed by atoms with Gasteiger partial charge >= 0.3 is 12.5 Å². The SMILES string of the molecule is O=C(O)NC1CCN(CCN2C(=O)COc3ccc(OC(F)(F)F)cc32)CC1. The van der Waals surface area contributed by atoms with Crippen LogP contribution < -0.4 is 19.7 Å². The van der Waals surface area contributed by atoms with Gasteiger partial charge in [0.25, 0.3) is 5.91 Å². The number of likely N-dealkylation sites (tertiary alicyclic amines) is 1. The van der Waals surface area contributed by atoms with E-state index in [0.717, 1.165) is 12.1 Å². The summed E-state index contributed by atoms with van der Waals surface area (Å²) in [4.78, 5) is 26.4. The lowest BCUT2D eigenvalue weighted by atomic mass is 10.1. The first-order chi connectivity index (χ1) is 13.2. The maximum atomic E-state index is 12.5. The van der Waals surface area contributed by atoms with Gasteiger partial charge in [0.2, 0.25) is 0 Å². The Labute approximate surface area is 158 Å². The van der Waals surface area contributed by atoms with Crippen molar-refractivity contribution in [1.82, 2.24) is 10.2 Å². The number of piperidine rings is 1. The van der Waals surface area contributed by atoms with Crippen molar-refractivity contribution in [2.45, 2.75) is 25.2 Å². The topological polar surface area (TPSA) is 91.3 Å². The molecule has 2 aliphatic rings. The Kier molecular flexibility index (Phi) is 5.82. The predicted molar refractivity (Wildman–Crippen MR) is 91.6 cm³/mol. The van der Waals surface area contributed by atoms with Gasteiger partial charge in [0, 0.05) is 38.3 Å². The summed E-state index contributed by atoms with van der Waals surface area (Å²) >= 11 is 0. The smallest absolute Gasteiger partial charge is 0.482 e. The average molecular weight is 403 g/mol. The van der Waals surface area contributed by atoms with Crippen molar-refractivity contribution in [2.24, 2.45) is 0 Å².